The van der Waals surface area contributed by atoms with Crippen LogP contribution in [0.2, 0.25) is 0 Å². The van der Waals surface area contributed by atoms with Crippen LogP contribution in [0.15, 0.2) is 66.7 Å². The molecule has 1 heterocycles. The molecule has 4 amide bonds. The number of carbonyl (C=O) groups excluding carboxylic acids is 5. The normalized spacial score (nSPS) is 17.1. The molecule has 3 rings (SSSR count). The van der Waals surface area contributed by atoms with Crippen molar-refractivity contribution in [2.75, 3.05) is 40.8 Å². The number of ether oxygens (including phenoxy) is 1. The topological polar surface area (TPSA) is 128 Å². The third-order valence-electron chi connectivity index (χ3n) is 14.3. The van der Waals surface area contributed by atoms with E-state index in [1.54, 1.807) is 19.1 Å². The number of unbranched alkanes of at least 4 members (excludes halogenated alkanes) is 2. The van der Waals surface area contributed by atoms with Gasteiger partial charge in [0, 0.05) is 45.0 Å². The molecule has 1 aliphatic rings. The highest BCUT2D eigenvalue weighted by molar-refractivity contribution is 5.89. The minimum Gasteiger partial charge on any atom is -0.378 e. The molecule has 2 N–H and O–H groups in total. The maximum absolute atomic E-state index is 14.2. The summed E-state index contributed by atoms with van der Waals surface area (Å²) in [5, 5.41) is 6.31. The van der Waals surface area contributed by atoms with Crippen molar-refractivity contribution in [1.82, 2.24) is 25.3 Å². The number of methoxy groups -OCH3 is 1. The highest BCUT2D eigenvalue weighted by atomic mass is 16.5. The van der Waals surface area contributed by atoms with E-state index in [2.05, 4.69) is 57.4 Å². The minimum absolute atomic E-state index is 0.00666. The maximum Gasteiger partial charge on any atom is 0.245 e. The zero-order valence-corrected chi connectivity index (χ0v) is 41.9. The number of rotatable bonds is 29. The van der Waals surface area contributed by atoms with Crippen LogP contribution in [0, 0.1) is 23.2 Å². The number of hydrogen-bond donors (Lipinski definition) is 2. The Kier molecular flexibility index (Phi) is 23.7. The zero-order chi connectivity index (χ0) is 48.1. The Morgan fingerprint density at radius 2 is 1.52 bits per heavy atom. The van der Waals surface area contributed by atoms with Crippen LogP contribution in [0.1, 0.15) is 137 Å². The molecule has 7 unspecified atom stereocenters. The molecule has 11 nitrogen and oxygen atoms in total. The lowest BCUT2D eigenvalue weighted by Crippen LogP contribution is -2.55. The smallest absolute Gasteiger partial charge is 0.245 e. The van der Waals surface area contributed by atoms with Crippen LogP contribution in [0.5, 0.6) is 0 Å². The highest BCUT2D eigenvalue weighted by Gasteiger charge is 2.41. The van der Waals surface area contributed by atoms with Crippen LogP contribution in [0.25, 0.3) is 6.08 Å². The first-order chi connectivity index (χ1) is 31.0. The number of benzene rings is 2. The number of carbonyl (C=O) groups is 5. The Morgan fingerprint density at radius 3 is 2.12 bits per heavy atom. The van der Waals surface area contributed by atoms with Crippen molar-refractivity contribution in [3.05, 3.63) is 77.9 Å². The molecule has 0 aromatic heterocycles. The third kappa shape index (κ3) is 17.1. The molecule has 1 saturated heterocycles. The molecule has 2 aromatic carbocycles. The van der Waals surface area contributed by atoms with Gasteiger partial charge in [-0.25, -0.2) is 0 Å². The van der Waals surface area contributed by atoms with Crippen molar-refractivity contribution in [2.24, 2.45) is 23.2 Å². The SMILES string of the molecule is CCC(C)C(CCC(=O)N1CCCC1C(OC)C(C)C(=O)NC(C=Cc1ccccc1)Cc1ccccc1)N(C)C(=O)C(NC(=O)CN(C)CCCCCC(=O)C(C)(CC)CC)C(C)C. The van der Waals surface area contributed by atoms with Gasteiger partial charge in [-0.3, -0.25) is 28.9 Å². The van der Waals surface area contributed by atoms with E-state index in [0.717, 1.165) is 69.0 Å². The first-order valence-corrected chi connectivity index (χ1v) is 24.7. The molecular formula is C54H85N5O6. The summed E-state index contributed by atoms with van der Waals surface area (Å²) in [6.07, 6.45) is 12.3. The number of likely N-dealkylation sites (tertiary alicyclic amines) is 1. The molecular weight excluding hydrogens is 815 g/mol. The summed E-state index contributed by atoms with van der Waals surface area (Å²) in [5.74, 6) is -0.706. The first-order valence-electron chi connectivity index (χ1n) is 24.7. The largest absolute Gasteiger partial charge is 0.378 e. The zero-order valence-electron chi connectivity index (χ0n) is 41.9. The lowest BCUT2D eigenvalue weighted by Gasteiger charge is -2.37. The Bertz CT molecular complexity index is 1780. The number of nitrogens with zero attached hydrogens (tertiary/aromatic N) is 3. The van der Waals surface area contributed by atoms with Crippen molar-refractivity contribution >= 4 is 35.5 Å². The summed E-state index contributed by atoms with van der Waals surface area (Å²) in [5.41, 5.74) is 1.93. The average Bonchev–Trinajstić information content (AvgIpc) is 3.79. The number of amides is 4. The van der Waals surface area contributed by atoms with Gasteiger partial charge in [0.2, 0.25) is 23.6 Å². The van der Waals surface area contributed by atoms with Crippen LogP contribution in [-0.4, -0.2) is 115 Å². The lowest BCUT2D eigenvalue weighted by atomic mass is 9.78. The molecule has 1 aliphatic heterocycles. The van der Waals surface area contributed by atoms with Gasteiger partial charge in [-0.15, -0.1) is 0 Å². The quantitative estimate of drug-likeness (QED) is 0.0782. The van der Waals surface area contributed by atoms with Crippen LogP contribution in [-0.2, 0) is 35.1 Å². The highest BCUT2D eigenvalue weighted by Crippen LogP contribution is 2.30. The maximum atomic E-state index is 14.2. The van der Waals surface area contributed by atoms with Crippen molar-refractivity contribution in [3.8, 4) is 0 Å². The van der Waals surface area contributed by atoms with Gasteiger partial charge in [-0.05, 0) is 87.9 Å². The van der Waals surface area contributed by atoms with E-state index in [1.165, 1.54) is 0 Å². The molecule has 0 bridgehead atoms. The summed E-state index contributed by atoms with van der Waals surface area (Å²) in [4.78, 5) is 74.0. The molecule has 0 aliphatic carbocycles. The Labute approximate surface area is 392 Å². The molecule has 1 fully saturated rings. The number of Topliss-reactive ketones (excluding diaryl/α,β-unsaturated/α-hetero) is 1. The van der Waals surface area contributed by atoms with Crippen molar-refractivity contribution < 1.29 is 28.7 Å². The second kappa shape index (κ2) is 28.0. The minimum atomic E-state index is -0.709. The van der Waals surface area contributed by atoms with Gasteiger partial charge in [0.1, 0.15) is 11.8 Å². The number of nitrogens with one attached hydrogen (secondary N) is 2. The van der Waals surface area contributed by atoms with Crippen LogP contribution in [0.4, 0.5) is 0 Å². The molecule has 7 atom stereocenters. The fourth-order valence-corrected chi connectivity index (χ4v) is 9.20. The Morgan fingerprint density at radius 1 is 0.877 bits per heavy atom. The van der Waals surface area contributed by atoms with Crippen molar-refractivity contribution in [2.45, 2.75) is 163 Å². The van der Waals surface area contributed by atoms with E-state index in [4.69, 9.17) is 4.74 Å². The molecule has 65 heavy (non-hydrogen) atoms. The Balaban J connectivity index is 1.61. The van der Waals surface area contributed by atoms with Crippen LogP contribution in [0.3, 0.4) is 0 Å². The van der Waals surface area contributed by atoms with Gasteiger partial charge in [0.25, 0.3) is 0 Å². The number of likely N-dealkylation sites (N-methyl/N-ethyl adjacent to an activating group) is 2. The van der Waals surface area contributed by atoms with Crippen molar-refractivity contribution in [1.29, 1.82) is 0 Å². The first kappa shape index (κ1) is 55.0. The van der Waals surface area contributed by atoms with Gasteiger partial charge in [0.15, 0.2) is 0 Å². The third-order valence-corrected chi connectivity index (χ3v) is 14.3. The molecule has 2 aromatic rings. The average molecular weight is 900 g/mol. The summed E-state index contributed by atoms with van der Waals surface area (Å²) in [7, 11) is 5.33. The fraction of sp³-hybridized carbons (Fsp3) is 0.648. The van der Waals surface area contributed by atoms with Crippen molar-refractivity contribution in [3.63, 3.8) is 0 Å². The molecule has 11 heteroatoms. The molecule has 362 valence electrons. The summed E-state index contributed by atoms with van der Waals surface area (Å²) >= 11 is 0. The second-order valence-corrected chi connectivity index (χ2v) is 19.3. The van der Waals surface area contributed by atoms with Gasteiger partial charge >= 0.3 is 0 Å². The van der Waals surface area contributed by atoms with E-state index in [0.29, 0.717) is 31.6 Å². The summed E-state index contributed by atoms with van der Waals surface area (Å²) in [6, 6.07) is 18.7. The van der Waals surface area contributed by atoms with E-state index in [1.807, 2.05) is 98.3 Å². The fourth-order valence-electron chi connectivity index (χ4n) is 9.20. The standard InChI is InChI=1S/C54H85N5O6/c1-12-40(6)45(58(10)53(64)50(39(4)5)56-48(61)38-57(9)35-23-17-22-30-47(60)54(8,13-2)14-3)33-34-49(62)59-36-24-29-46(59)51(65-11)41(7)52(63)55-44(37-43-27-20-16-21-28-43)32-31-42-25-18-15-19-26-42/h15-16,18-21,25-28,31-32,39-41,44-46,50-51H,12-14,17,22-24,29-30,33-38H2,1-11H3,(H,55,63)(H,56,61). The van der Waals surface area contributed by atoms with Crippen LogP contribution < -0.4 is 10.6 Å². The van der Waals surface area contributed by atoms with E-state index >= 15 is 0 Å². The lowest BCUT2D eigenvalue weighted by molar-refractivity contribution is -0.142. The predicted octanol–water partition coefficient (Wildman–Crippen LogP) is 8.75. The summed E-state index contributed by atoms with van der Waals surface area (Å²) < 4.78 is 6.06. The predicted molar refractivity (Wildman–Crippen MR) is 264 cm³/mol. The Hall–Kier alpha value is -4.35. The van der Waals surface area contributed by atoms with Crippen LogP contribution >= 0.6 is 0 Å². The second-order valence-electron chi connectivity index (χ2n) is 19.3. The molecule has 0 saturated carbocycles. The van der Waals surface area contributed by atoms with E-state index < -0.39 is 18.1 Å². The van der Waals surface area contributed by atoms with E-state index in [-0.39, 0.29) is 72.0 Å². The summed E-state index contributed by atoms with van der Waals surface area (Å²) in [6.45, 7) is 17.7. The number of ketones is 1. The van der Waals surface area contributed by atoms with Gasteiger partial charge in [-0.1, -0.05) is 141 Å². The van der Waals surface area contributed by atoms with Gasteiger partial charge < -0.3 is 25.2 Å². The van der Waals surface area contributed by atoms with E-state index in [9.17, 15) is 24.0 Å². The van der Waals surface area contributed by atoms with Gasteiger partial charge in [-0.2, -0.15) is 0 Å². The number of hydrogen-bond acceptors (Lipinski definition) is 7. The van der Waals surface area contributed by atoms with Gasteiger partial charge in [0.05, 0.1) is 30.7 Å². The monoisotopic (exact) mass is 900 g/mol. The molecule has 0 radical (unpaired) electrons. The molecule has 0 spiro atoms.